The largest absolute Gasteiger partial charge is 0.466 e. The number of Topliss-reactive ketones (excluding diaryl/α,β-unsaturated/α-hetero) is 1. The number of esters is 1. The van der Waals surface area contributed by atoms with Crippen molar-refractivity contribution in [3.63, 3.8) is 0 Å². The Morgan fingerprint density at radius 3 is 2.73 bits per heavy atom. The second kappa shape index (κ2) is 3.32. The van der Waals surface area contributed by atoms with Crippen LogP contribution in [0.1, 0.15) is 19.3 Å². The molecule has 1 rings (SSSR count). The highest BCUT2D eigenvalue weighted by Crippen LogP contribution is 2.19. The van der Waals surface area contributed by atoms with Crippen LogP contribution in [0.15, 0.2) is 11.6 Å². The molecule has 0 atom stereocenters. The lowest BCUT2D eigenvalue weighted by Crippen LogP contribution is -1.99. The quantitative estimate of drug-likeness (QED) is 0.415. The van der Waals surface area contributed by atoms with Crippen molar-refractivity contribution < 1.29 is 14.3 Å². The molecule has 3 heteroatoms. The molecule has 1 saturated carbocycles. The molecule has 0 radical (unpaired) electrons. The molecular formula is C8H10O3. The number of rotatable bonds is 1. The van der Waals surface area contributed by atoms with E-state index in [1.807, 2.05) is 0 Å². The van der Waals surface area contributed by atoms with Gasteiger partial charge in [-0.15, -0.1) is 0 Å². The Kier molecular flexibility index (Phi) is 2.41. The van der Waals surface area contributed by atoms with Gasteiger partial charge in [-0.05, 0) is 12.8 Å². The Morgan fingerprint density at radius 1 is 1.55 bits per heavy atom. The number of ketones is 1. The van der Waals surface area contributed by atoms with E-state index in [2.05, 4.69) is 4.74 Å². The Hall–Kier alpha value is -1.12. The van der Waals surface area contributed by atoms with Gasteiger partial charge in [-0.2, -0.15) is 0 Å². The van der Waals surface area contributed by atoms with Crippen molar-refractivity contribution in [2.45, 2.75) is 19.3 Å². The van der Waals surface area contributed by atoms with Gasteiger partial charge in [-0.3, -0.25) is 4.79 Å². The predicted molar refractivity (Wildman–Crippen MR) is 39.0 cm³/mol. The Balaban J connectivity index is 2.65. The third-order valence-corrected chi connectivity index (χ3v) is 1.70. The van der Waals surface area contributed by atoms with Crippen molar-refractivity contribution >= 4 is 11.8 Å². The third kappa shape index (κ3) is 1.90. The number of ether oxygens (including phenoxy) is 1. The molecule has 0 bridgehead atoms. The van der Waals surface area contributed by atoms with Gasteiger partial charge in [-0.1, -0.05) is 0 Å². The number of allylic oxidation sites excluding steroid dienone is 1. The first-order chi connectivity index (χ1) is 5.24. The molecule has 0 aromatic heterocycles. The van der Waals surface area contributed by atoms with Gasteiger partial charge < -0.3 is 4.74 Å². The van der Waals surface area contributed by atoms with Gasteiger partial charge in [0.15, 0.2) is 5.78 Å². The monoisotopic (exact) mass is 154 g/mol. The van der Waals surface area contributed by atoms with Crippen LogP contribution in [-0.4, -0.2) is 18.9 Å². The second-order valence-corrected chi connectivity index (χ2v) is 2.47. The van der Waals surface area contributed by atoms with E-state index in [4.69, 9.17) is 0 Å². The highest BCUT2D eigenvalue weighted by molar-refractivity contribution is 6.02. The van der Waals surface area contributed by atoms with Gasteiger partial charge >= 0.3 is 5.97 Å². The molecule has 60 valence electrons. The normalized spacial score (nSPS) is 20.8. The maximum Gasteiger partial charge on any atom is 0.330 e. The first kappa shape index (κ1) is 7.98. The fourth-order valence-corrected chi connectivity index (χ4v) is 1.09. The van der Waals surface area contributed by atoms with E-state index < -0.39 is 5.97 Å². The smallest absolute Gasteiger partial charge is 0.330 e. The Morgan fingerprint density at radius 2 is 2.27 bits per heavy atom. The van der Waals surface area contributed by atoms with Crippen molar-refractivity contribution in [1.82, 2.24) is 0 Å². The molecule has 0 unspecified atom stereocenters. The molecular weight excluding hydrogens is 144 g/mol. The van der Waals surface area contributed by atoms with Gasteiger partial charge in [0, 0.05) is 18.1 Å². The topological polar surface area (TPSA) is 43.4 Å². The van der Waals surface area contributed by atoms with E-state index >= 15 is 0 Å². The Bertz CT molecular complexity index is 215. The van der Waals surface area contributed by atoms with Crippen LogP contribution in [0.2, 0.25) is 0 Å². The van der Waals surface area contributed by atoms with Gasteiger partial charge in [0.25, 0.3) is 0 Å². The van der Waals surface area contributed by atoms with Crippen molar-refractivity contribution in [3.05, 3.63) is 11.6 Å². The maximum absolute atomic E-state index is 10.9. The summed E-state index contributed by atoms with van der Waals surface area (Å²) in [5.74, 6) is -0.356. The highest BCUT2D eigenvalue weighted by Gasteiger charge is 2.17. The molecule has 1 aliphatic rings. The van der Waals surface area contributed by atoms with Crippen molar-refractivity contribution in [1.29, 1.82) is 0 Å². The SMILES string of the molecule is COC(=O)C=C1CCCC1=O. The van der Waals surface area contributed by atoms with Crippen LogP contribution in [0.3, 0.4) is 0 Å². The lowest BCUT2D eigenvalue weighted by Gasteiger charge is -1.92. The maximum atomic E-state index is 10.9. The second-order valence-electron chi connectivity index (χ2n) is 2.47. The van der Waals surface area contributed by atoms with Crippen LogP contribution in [0.25, 0.3) is 0 Å². The fourth-order valence-electron chi connectivity index (χ4n) is 1.09. The van der Waals surface area contributed by atoms with Crippen LogP contribution in [0.5, 0.6) is 0 Å². The van der Waals surface area contributed by atoms with Gasteiger partial charge in [0.2, 0.25) is 0 Å². The van der Waals surface area contributed by atoms with Crippen LogP contribution in [-0.2, 0) is 14.3 Å². The molecule has 3 nitrogen and oxygen atoms in total. The molecule has 0 amide bonds. The molecule has 0 spiro atoms. The van der Waals surface area contributed by atoms with E-state index in [0.29, 0.717) is 18.4 Å². The summed E-state index contributed by atoms with van der Waals surface area (Å²) in [6.07, 6.45) is 3.44. The summed E-state index contributed by atoms with van der Waals surface area (Å²) in [6.45, 7) is 0. The zero-order valence-corrected chi connectivity index (χ0v) is 6.42. The predicted octanol–water partition coefficient (Wildman–Crippen LogP) is 0.839. The molecule has 1 fully saturated rings. The lowest BCUT2D eigenvalue weighted by atomic mass is 10.2. The van der Waals surface area contributed by atoms with Crippen LogP contribution >= 0.6 is 0 Å². The number of hydrogen-bond acceptors (Lipinski definition) is 3. The van der Waals surface area contributed by atoms with E-state index in [1.165, 1.54) is 13.2 Å². The summed E-state index contributed by atoms with van der Waals surface area (Å²) in [5, 5.41) is 0. The van der Waals surface area contributed by atoms with Crippen molar-refractivity contribution in [2.24, 2.45) is 0 Å². The minimum atomic E-state index is -0.435. The molecule has 0 heterocycles. The fraction of sp³-hybridized carbons (Fsp3) is 0.500. The average Bonchev–Trinajstić information content (AvgIpc) is 2.37. The van der Waals surface area contributed by atoms with Gasteiger partial charge in [0.1, 0.15) is 0 Å². The summed E-state index contributed by atoms with van der Waals surface area (Å²) in [5.41, 5.74) is 0.608. The van der Waals surface area contributed by atoms with Crippen LogP contribution < -0.4 is 0 Å². The molecule has 0 aromatic carbocycles. The van der Waals surface area contributed by atoms with E-state index in [0.717, 1.165) is 6.42 Å². The number of methoxy groups -OCH3 is 1. The van der Waals surface area contributed by atoms with Gasteiger partial charge in [0.05, 0.1) is 7.11 Å². The zero-order valence-electron chi connectivity index (χ0n) is 6.42. The van der Waals surface area contributed by atoms with E-state index in [-0.39, 0.29) is 5.78 Å². The molecule has 0 aromatic rings. The lowest BCUT2D eigenvalue weighted by molar-refractivity contribution is -0.135. The Labute approximate surface area is 65.0 Å². The molecule has 1 aliphatic carbocycles. The molecule has 0 N–H and O–H groups in total. The third-order valence-electron chi connectivity index (χ3n) is 1.70. The molecule has 11 heavy (non-hydrogen) atoms. The summed E-state index contributed by atoms with van der Waals surface area (Å²) in [4.78, 5) is 21.6. The van der Waals surface area contributed by atoms with E-state index in [9.17, 15) is 9.59 Å². The minimum absolute atomic E-state index is 0.0791. The molecule has 0 aliphatic heterocycles. The van der Waals surface area contributed by atoms with Gasteiger partial charge in [-0.25, -0.2) is 4.79 Å². The number of hydrogen-bond donors (Lipinski definition) is 0. The summed E-state index contributed by atoms with van der Waals surface area (Å²) < 4.78 is 4.39. The molecule has 0 saturated heterocycles. The van der Waals surface area contributed by atoms with Crippen LogP contribution in [0.4, 0.5) is 0 Å². The highest BCUT2D eigenvalue weighted by atomic mass is 16.5. The number of carbonyl (C=O) groups is 2. The van der Waals surface area contributed by atoms with Crippen molar-refractivity contribution in [2.75, 3.05) is 7.11 Å². The first-order valence-electron chi connectivity index (χ1n) is 3.56. The average molecular weight is 154 g/mol. The standard InChI is InChI=1S/C8H10O3/c1-11-8(10)5-6-3-2-4-7(6)9/h5H,2-4H2,1H3. The summed E-state index contributed by atoms with van der Waals surface area (Å²) in [7, 11) is 1.30. The summed E-state index contributed by atoms with van der Waals surface area (Å²) >= 11 is 0. The number of carbonyl (C=O) groups excluding carboxylic acids is 2. The van der Waals surface area contributed by atoms with Crippen molar-refractivity contribution in [3.8, 4) is 0 Å². The zero-order chi connectivity index (χ0) is 8.27. The van der Waals surface area contributed by atoms with E-state index in [1.54, 1.807) is 0 Å². The first-order valence-corrected chi connectivity index (χ1v) is 3.56. The summed E-state index contributed by atoms with van der Waals surface area (Å²) in [6, 6.07) is 0. The minimum Gasteiger partial charge on any atom is -0.466 e. The van der Waals surface area contributed by atoms with Crippen LogP contribution in [0, 0.1) is 0 Å².